The molecule has 0 radical (unpaired) electrons. The van der Waals surface area contributed by atoms with Crippen molar-refractivity contribution in [1.29, 1.82) is 0 Å². The highest BCUT2D eigenvalue weighted by molar-refractivity contribution is 5.99. The highest BCUT2D eigenvalue weighted by Crippen LogP contribution is 2.30. The molecule has 0 spiro atoms. The summed E-state index contributed by atoms with van der Waals surface area (Å²) in [5.41, 5.74) is 6.60. The normalized spacial score (nSPS) is 16.9. The number of anilines is 6. The van der Waals surface area contributed by atoms with Crippen LogP contribution in [0.25, 0.3) is 5.82 Å². The van der Waals surface area contributed by atoms with Crippen LogP contribution in [0.1, 0.15) is 26.3 Å². The van der Waals surface area contributed by atoms with Gasteiger partial charge >= 0.3 is 12.2 Å². The average molecular weight is 610 g/mol. The number of hydrogen-bond acceptors (Lipinski definition) is 9. The van der Waals surface area contributed by atoms with Gasteiger partial charge < -0.3 is 31.5 Å². The minimum Gasteiger partial charge on any atom is -0.368 e. The highest BCUT2D eigenvalue weighted by Gasteiger charge is 2.32. The lowest BCUT2D eigenvalue weighted by atomic mass is 10.1. The summed E-state index contributed by atoms with van der Waals surface area (Å²) in [7, 11) is 0. The van der Waals surface area contributed by atoms with Crippen molar-refractivity contribution in [3.63, 3.8) is 0 Å². The fourth-order valence-electron chi connectivity index (χ4n) is 5.10. The fourth-order valence-corrected chi connectivity index (χ4v) is 5.10. The number of nitrogens with two attached hydrogens (primary N) is 1. The van der Waals surface area contributed by atoms with E-state index in [1.165, 1.54) is 23.1 Å². The lowest BCUT2D eigenvalue weighted by molar-refractivity contribution is -0.137. The van der Waals surface area contributed by atoms with Gasteiger partial charge in [-0.1, -0.05) is 0 Å². The minimum absolute atomic E-state index is 0.0110. The monoisotopic (exact) mass is 609 g/mol. The predicted octanol–water partition coefficient (Wildman–Crippen LogP) is 4.49. The van der Waals surface area contributed by atoms with Crippen LogP contribution in [0, 0.1) is 0 Å². The van der Waals surface area contributed by atoms with Gasteiger partial charge in [0.1, 0.15) is 12.1 Å². The van der Waals surface area contributed by atoms with Crippen molar-refractivity contribution < 1.29 is 22.8 Å². The Hall–Kier alpha value is -5.41. The number of nitrogens with one attached hydrogen (secondary N) is 3. The lowest BCUT2D eigenvalue weighted by Crippen LogP contribution is -2.58. The summed E-state index contributed by atoms with van der Waals surface area (Å²) in [5.74, 6) is 1.43. The zero-order chi connectivity index (χ0) is 31.6. The summed E-state index contributed by atoms with van der Waals surface area (Å²) in [5, 5.41) is 12.6. The van der Waals surface area contributed by atoms with E-state index in [1.54, 1.807) is 37.3 Å². The molecule has 1 aliphatic rings. The molecular formula is C28H30F3N11O2. The smallest absolute Gasteiger partial charge is 0.368 e. The molecule has 230 valence electrons. The first-order chi connectivity index (χ1) is 20.9. The maximum atomic E-state index is 12.7. The number of amides is 3. The van der Waals surface area contributed by atoms with E-state index in [-0.39, 0.29) is 35.6 Å². The maximum Gasteiger partial charge on any atom is 0.416 e. The Morgan fingerprint density at radius 1 is 0.886 bits per heavy atom. The molecule has 4 aromatic rings. The summed E-state index contributed by atoms with van der Waals surface area (Å²) in [6.45, 7) is 6.80. The number of aromatic nitrogens is 5. The third-order valence-electron chi connectivity index (χ3n) is 6.96. The second kappa shape index (κ2) is 12.1. The second-order valence-electron chi connectivity index (χ2n) is 10.3. The first kappa shape index (κ1) is 30.1. The number of nitrogen functional groups attached to an aromatic ring is 1. The molecule has 16 heteroatoms. The Labute approximate surface area is 250 Å². The number of halogens is 3. The van der Waals surface area contributed by atoms with E-state index >= 15 is 0 Å². The number of alkyl halides is 3. The van der Waals surface area contributed by atoms with Crippen LogP contribution in [0.3, 0.4) is 0 Å². The number of carbonyl (C=O) groups excluding carboxylic acids is 2. The molecule has 13 nitrogen and oxygen atoms in total. The molecule has 1 saturated heterocycles. The number of urea groups is 1. The van der Waals surface area contributed by atoms with Crippen LogP contribution in [0.5, 0.6) is 0 Å². The van der Waals surface area contributed by atoms with E-state index in [2.05, 4.69) is 40.9 Å². The molecule has 0 bridgehead atoms. The topological polar surface area (TPSA) is 159 Å². The highest BCUT2D eigenvalue weighted by atomic mass is 19.4. The quantitative estimate of drug-likeness (QED) is 0.247. The van der Waals surface area contributed by atoms with E-state index in [0.29, 0.717) is 36.1 Å². The number of benzene rings is 2. The molecule has 5 rings (SSSR count). The average Bonchev–Trinajstić information content (AvgIpc) is 3.33. The van der Waals surface area contributed by atoms with Crippen LogP contribution >= 0.6 is 0 Å². The number of carbonyl (C=O) groups is 2. The fraction of sp³-hybridized carbons (Fsp3) is 0.286. The molecule has 2 atom stereocenters. The van der Waals surface area contributed by atoms with Crippen molar-refractivity contribution in [2.75, 3.05) is 39.7 Å². The third-order valence-corrected chi connectivity index (χ3v) is 6.96. The van der Waals surface area contributed by atoms with Gasteiger partial charge in [-0.25, -0.2) is 14.8 Å². The summed E-state index contributed by atoms with van der Waals surface area (Å²) >= 11 is 0. The number of hydrogen-bond donors (Lipinski definition) is 4. The van der Waals surface area contributed by atoms with Gasteiger partial charge in [-0.05, 0) is 62.4 Å². The van der Waals surface area contributed by atoms with Gasteiger partial charge in [-0.3, -0.25) is 4.79 Å². The van der Waals surface area contributed by atoms with Gasteiger partial charge in [-0.15, -0.1) is 5.10 Å². The molecule has 44 heavy (non-hydrogen) atoms. The van der Waals surface area contributed by atoms with Crippen molar-refractivity contribution in [3.8, 4) is 5.82 Å². The maximum absolute atomic E-state index is 12.7. The first-order valence-electron chi connectivity index (χ1n) is 13.6. The minimum atomic E-state index is -4.46. The van der Waals surface area contributed by atoms with Crippen LogP contribution < -0.4 is 26.6 Å². The van der Waals surface area contributed by atoms with Crippen LogP contribution in [0.4, 0.5) is 52.7 Å². The van der Waals surface area contributed by atoms with E-state index in [9.17, 15) is 22.8 Å². The SMILES string of the molecule is CC(=O)N1[C@H](C)CN(c2cc(-n3nc(Nc4ccc(NC(=O)Nc5ccc(C(F)(F)F)cc5)cc4)nc3N)ncn2)C[C@@H]1C. The van der Waals surface area contributed by atoms with Gasteiger partial charge in [0.25, 0.3) is 0 Å². The molecule has 2 aromatic heterocycles. The van der Waals surface area contributed by atoms with E-state index in [4.69, 9.17) is 5.73 Å². The van der Waals surface area contributed by atoms with Gasteiger partial charge in [0.05, 0.1) is 5.56 Å². The zero-order valence-electron chi connectivity index (χ0n) is 24.0. The van der Waals surface area contributed by atoms with Gasteiger partial charge in [-0.2, -0.15) is 22.8 Å². The molecule has 3 amide bonds. The molecule has 1 fully saturated rings. The van der Waals surface area contributed by atoms with Crippen molar-refractivity contribution in [3.05, 3.63) is 66.5 Å². The molecule has 3 heterocycles. The van der Waals surface area contributed by atoms with E-state index in [0.717, 1.165) is 12.1 Å². The Kier molecular flexibility index (Phi) is 8.24. The zero-order valence-corrected chi connectivity index (χ0v) is 24.0. The Morgan fingerprint density at radius 3 is 2.00 bits per heavy atom. The number of piperazine rings is 1. The first-order valence-corrected chi connectivity index (χ1v) is 13.6. The summed E-state index contributed by atoms with van der Waals surface area (Å²) in [6, 6.07) is 11.9. The summed E-state index contributed by atoms with van der Waals surface area (Å²) < 4.78 is 39.6. The molecule has 2 aromatic carbocycles. The standard InChI is InChI=1S/C28H30F3N11O2/c1-16-13-40(14-17(2)41(16)18(3)43)23-12-24(34-15-33-23)42-25(32)38-26(39-42)35-20-8-10-22(11-9-20)37-27(44)36-21-6-4-19(5-7-21)28(29,30)31/h4-12,15-17H,13-14H2,1-3H3,(H2,36,37,44)(H3,32,35,38,39)/t16-,17+. The molecule has 0 aliphatic carbocycles. The Balaban J connectivity index is 1.20. The van der Waals surface area contributed by atoms with Crippen LogP contribution in [-0.2, 0) is 11.0 Å². The molecule has 1 aliphatic heterocycles. The van der Waals surface area contributed by atoms with Gasteiger partial charge in [0, 0.05) is 55.2 Å². The Bertz CT molecular complexity index is 1630. The number of rotatable bonds is 6. The van der Waals surface area contributed by atoms with Crippen LogP contribution in [-0.4, -0.2) is 66.7 Å². The van der Waals surface area contributed by atoms with E-state index < -0.39 is 17.8 Å². The predicted molar refractivity (Wildman–Crippen MR) is 159 cm³/mol. The number of nitrogens with zero attached hydrogens (tertiary/aromatic N) is 7. The van der Waals surface area contributed by atoms with Crippen molar-refractivity contribution in [1.82, 2.24) is 29.6 Å². The molecule has 5 N–H and O–H groups in total. The summed E-state index contributed by atoms with van der Waals surface area (Å²) in [4.78, 5) is 41.3. The van der Waals surface area contributed by atoms with Gasteiger partial charge in [0.2, 0.25) is 17.8 Å². The molecule has 0 saturated carbocycles. The largest absolute Gasteiger partial charge is 0.416 e. The van der Waals surface area contributed by atoms with Crippen LogP contribution in [0.2, 0.25) is 0 Å². The van der Waals surface area contributed by atoms with Crippen molar-refractivity contribution >= 4 is 46.7 Å². The molecular weight excluding hydrogens is 579 g/mol. The third kappa shape index (κ3) is 6.79. The van der Waals surface area contributed by atoms with Gasteiger partial charge in [0.15, 0.2) is 5.82 Å². The van der Waals surface area contributed by atoms with E-state index in [1.807, 2.05) is 18.7 Å². The van der Waals surface area contributed by atoms with Crippen molar-refractivity contribution in [2.24, 2.45) is 0 Å². The lowest BCUT2D eigenvalue weighted by Gasteiger charge is -2.44. The second-order valence-corrected chi connectivity index (χ2v) is 10.3. The van der Waals surface area contributed by atoms with Crippen LogP contribution in [0.15, 0.2) is 60.9 Å². The molecule has 0 unspecified atom stereocenters. The summed E-state index contributed by atoms with van der Waals surface area (Å²) in [6.07, 6.45) is -3.03. The Morgan fingerprint density at radius 2 is 1.43 bits per heavy atom. The van der Waals surface area contributed by atoms with Crippen molar-refractivity contribution in [2.45, 2.75) is 39.0 Å².